The van der Waals surface area contributed by atoms with Crippen molar-refractivity contribution in [2.75, 3.05) is 13.2 Å². The van der Waals surface area contributed by atoms with Gasteiger partial charge in [0, 0.05) is 12.1 Å². The molecule has 1 rings (SSSR count). The van der Waals surface area contributed by atoms with E-state index in [0.29, 0.717) is 5.56 Å². The van der Waals surface area contributed by atoms with Crippen molar-refractivity contribution >= 4 is 17.6 Å². The average molecular weight is 280 g/mol. The Kier molecular flexibility index (Phi) is 5.64. The first-order chi connectivity index (χ1) is 9.45. The molecule has 0 bridgehead atoms. The van der Waals surface area contributed by atoms with E-state index < -0.39 is 22.7 Å². The number of ether oxygens (including phenoxy) is 1. The first-order valence-electron chi connectivity index (χ1n) is 6.13. The lowest BCUT2D eigenvalue weighted by Gasteiger charge is -2.12. The summed E-state index contributed by atoms with van der Waals surface area (Å²) in [6.07, 6.45) is 0. The van der Waals surface area contributed by atoms with Crippen LogP contribution >= 0.6 is 0 Å². The summed E-state index contributed by atoms with van der Waals surface area (Å²) in [4.78, 5) is 33.1. The highest BCUT2D eigenvalue weighted by atomic mass is 16.6. The Bertz CT molecular complexity index is 515. The second-order valence-corrected chi connectivity index (χ2v) is 4.10. The summed E-state index contributed by atoms with van der Waals surface area (Å²) in [5.41, 5.74) is 0.438. The third-order valence-corrected chi connectivity index (χ3v) is 2.69. The van der Waals surface area contributed by atoms with Gasteiger partial charge in [-0.15, -0.1) is 0 Å². The number of hydrogen-bond donors (Lipinski definition) is 1. The van der Waals surface area contributed by atoms with Crippen LogP contribution in [0.1, 0.15) is 25.3 Å². The molecule has 0 aromatic heterocycles. The number of carbonyl (C=O) groups is 2. The fraction of sp³-hybridized carbons (Fsp3) is 0.385. The van der Waals surface area contributed by atoms with E-state index in [2.05, 4.69) is 10.1 Å². The molecule has 1 aromatic rings. The monoisotopic (exact) mass is 280 g/mol. The molecule has 0 fully saturated rings. The van der Waals surface area contributed by atoms with Crippen LogP contribution < -0.4 is 5.32 Å². The lowest BCUT2D eigenvalue weighted by atomic mass is 10.00. The fourth-order valence-electron chi connectivity index (χ4n) is 1.58. The molecule has 1 amide bonds. The molecule has 20 heavy (non-hydrogen) atoms. The van der Waals surface area contributed by atoms with Gasteiger partial charge in [0.1, 0.15) is 6.54 Å². The molecule has 108 valence electrons. The molecule has 7 heteroatoms. The smallest absolute Gasteiger partial charge is 0.325 e. The minimum absolute atomic E-state index is 0.0763. The molecule has 0 aliphatic carbocycles. The van der Waals surface area contributed by atoms with Gasteiger partial charge in [-0.05, 0) is 19.4 Å². The summed E-state index contributed by atoms with van der Waals surface area (Å²) < 4.78 is 4.69. The van der Waals surface area contributed by atoms with E-state index in [1.54, 1.807) is 19.9 Å². The quantitative estimate of drug-likeness (QED) is 0.482. The van der Waals surface area contributed by atoms with Crippen LogP contribution in [0.4, 0.5) is 5.69 Å². The van der Waals surface area contributed by atoms with Crippen molar-refractivity contribution in [1.29, 1.82) is 0 Å². The number of esters is 1. The fourth-order valence-corrected chi connectivity index (χ4v) is 1.58. The first kappa shape index (κ1) is 15.6. The first-order valence-corrected chi connectivity index (χ1v) is 6.13. The number of nitrogens with zero attached hydrogens (tertiary/aromatic N) is 1. The third kappa shape index (κ3) is 4.34. The Morgan fingerprint density at radius 3 is 2.75 bits per heavy atom. The van der Waals surface area contributed by atoms with Gasteiger partial charge in [-0.25, -0.2) is 0 Å². The number of rotatable bonds is 6. The molecule has 1 aromatic carbocycles. The van der Waals surface area contributed by atoms with E-state index in [0.717, 1.165) is 0 Å². The van der Waals surface area contributed by atoms with E-state index in [-0.39, 0.29) is 18.8 Å². The van der Waals surface area contributed by atoms with Gasteiger partial charge >= 0.3 is 5.97 Å². The average Bonchev–Trinajstić information content (AvgIpc) is 2.44. The van der Waals surface area contributed by atoms with E-state index >= 15 is 0 Å². The Morgan fingerprint density at radius 2 is 2.15 bits per heavy atom. The molecular formula is C13H16N2O5. The zero-order valence-electron chi connectivity index (χ0n) is 11.3. The van der Waals surface area contributed by atoms with Crippen LogP contribution in [0.3, 0.4) is 0 Å². The largest absolute Gasteiger partial charge is 0.465 e. The maximum absolute atomic E-state index is 11.8. The van der Waals surface area contributed by atoms with Crippen LogP contribution in [-0.2, 0) is 14.3 Å². The molecule has 0 aliphatic heterocycles. The van der Waals surface area contributed by atoms with Gasteiger partial charge in [0.15, 0.2) is 0 Å². The van der Waals surface area contributed by atoms with Crippen molar-refractivity contribution in [1.82, 2.24) is 5.32 Å². The Balaban J connectivity index is 2.67. The molecule has 0 spiro atoms. The minimum Gasteiger partial charge on any atom is -0.465 e. The van der Waals surface area contributed by atoms with Gasteiger partial charge in [0.2, 0.25) is 5.91 Å². The molecular weight excluding hydrogens is 264 g/mol. The van der Waals surface area contributed by atoms with Crippen molar-refractivity contribution in [3.8, 4) is 0 Å². The summed E-state index contributed by atoms with van der Waals surface area (Å²) >= 11 is 0. The second kappa shape index (κ2) is 7.22. The number of nitro groups is 1. The standard InChI is InChI=1S/C13H16N2O5/c1-3-20-12(16)8-14-13(17)9(2)10-5-4-6-11(7-10)15(18)19/h4-7,9H,3,8H2,1-2H3,(H,14,17). The lowest BCUT2D eigenvalue weighted by Crippen LogP contribution is -2.33. The van der Waals surface area contributed by atoms with Gasteiger partial charge in [-0.1, -0.05) is 12.1 Å². The number of carbonyl (C=O) groups excluding carboxylic acids is 2. The van der Waals surface area contributed by atoms with Crippen molar-refractivity contribution < 1.29 is 19.2 Å². The molecule has 0 heterocycles. The Labute approximate surface area is 116 Å². The number of nitrogens with one attached hydrogen (secondary N) is 1. The molecule has 1 unspecified atom stereocenters. The normalized spacial score (nSPS) is 11.5. The molecule has 1 atom stereocenters. The number of amides is 1. The Hall–Kier alpha value is -2.44. The predicted molar refractivity (Wildman–Crippen MR) is 71.2 cm³/mol. The lowest BCUT2D eigenvalue weighted by molar-refractivity contribution is -0.384. The van der Waals surface area contributed by atoms with Crippen molar-refractivity contribution in [3.63, 3.8) is 0 Å². The van der Waals surface area contributed by atoms with E-state index in [1.807, 2.05) is 0 Å². The van der Waals surface area contributed by atoms with Crippen LogP contribution in [0.5, 0.6) is 0 Å². The molecule has 1 N–H and O–H groups in total. The van der Waals surface area contributed by atoms with Gasteiger partial charge in [-0.2, -0.15) is 0 Å². The van der Waals surface area contributed by atoms with E-state index in [4.69, 9.17) is 0 Å². The summed E-state index contributed by atoms with van der Waals surface area (Å²) in [6.45, 7) is 3.31. The predicted octanol–water partition coefficient (Wildman–Crippen LogP) is 1.38. The van der Waals surface area contributed by atoms with Crippen LogP contribution in [-0.4, -0.2) is 30.0 Å². The number of non-ortho nitro benzene ring substituents is 1. The molecule has 7 nitrogen and oxygen atoms in total. The van der Waals surface area contributed by atoms with Gasteiger partial charge in [-0.3, -0.25) is 19.7 Å². The van der Waals surface area contributed by atoms with Crippen LogP contribution in [0, 0.1) is 10.1 Å². The van der Waals surface area contributed by atoms with Crippen molar-refractivity contribution in [2.24, 2.45) is 0 Å². The van der Waals surface area contributed by atoms with Gasteiger partial charge < -0.3 is 10.1 Å². The molecule has 0 saturated heterocycles. The molecule has 0 radical (unpaired) electrons. The highest BCUT2D eigenvalue weighted by Crippen LogP contribution is 2.20. The zero-order valence-corrected chi connectivity index (χ0v) is 11.3. The highest BCUT2D eigenvalue weighted by Gasteiger charge is 2.18. The Morgan fingerprint density at radius 1 is 1.45 bits per heavy atom. The van der Waals surface area contributed by atoms with Crippen molar-refractivity contribution in [3.05, 3.63) is 39.9 Å². The highest BCUT2D eigenvalue weighted by molar-refractivity contribution is 5.86. The minimum atomic E-state index is -0.593. The third-order valence-electron chi connectivity index (χ3n) is 2.69. The van der Waals surface area contributed by atoms with Crippen molar-refractivity contribution in [2.45, 2.75) is 19.8 Å². The van der Waals surface area contributed by atoms with E-state index in [1.165, 1.54) is 18.2 Å². The van der Waals surface area contributed by atoms with E-state index in [9.17, 15) is 19.7 Å². The topological polar surface area (TPSA) is 98.5 Å². The van der Waals surface area contributed by atoms with Crippen LogP contribution in [0.2, 0.25) is 0 Å². The summed E-state index contributed by atoms with van der Waals surface area (Å²) in [5.74, 6) is -1.50. The van der Waals surface area contributed by atoms with Gasteiger partial charge in [0.05, 0.1) is 17.4 Å². The summed E-state index contributed by atoms with van der Waals surface area (Å²) in [5, 5.41) is 13.1. The maximum Gasteiger partial charge on any atom is 0.325 e. The number of hydrogen-bond acceptors (Lipinski definition) is 5. The zero-order chi connectivity index (χ0) is 15.1. The summed E-state index contributed by atoms with van der Waals surface area (Å²) in [7, 11) is 0. The SMILES string of the molecule is CCOC(=O)CNC(=O)C(C)c1cccc([N+](=O)[O-])c1. The number of nitro benzene ring substituents is 1. The van der Waals surface area contributed by atoms with Crippen LogP contribution in [0.25, 0.3) is 0 Å². The summed E-state index contributed by atoms with van der Waals surface area (Å²) in [6, 6.07) is 5.84. The molecule has 0 saturated carbocycles. The maximum atomic E-state index is 11.8. The van der Waals surface area contributed by atoms with Gasteiger partial charge in [0.25, 0.3) is 5.69 Å². The van der Waals surface area contributed by atoms with Crippen LogP contribution in [0.15, 0.2) is 24.3 Å². The molecule has 0 aliphatic rings. The second-order valence-electron chi connectivity index (χ2n) is 4.10. The number of benzene rings is 1.